The van der Waals surface area contributed by atoms with E-state index in [9.17, 15) is 4.79 Å². The van der Waals surface area contributed by atoms with Gasteiger partial charge in [0.1, 0.15) is 12.4 Å². The number of ether oxygens (including phenoxy) is 1. The van der Waals surface area contributed by atoms with E-state index in [-0.39, 0.29) is 5.78 Å². The molecule has 21 heavy (non-hydrogen) atoms. The first-order chi connectivity index (χ1) is 10.2. The number of ketones is 1. The highest BCUT2D eigenvalue weighted by molar-refractivity contribution is 5.96. The van der Waals surface area contributed by atoms with Crippen molar-refractivity contribution in [1.29, 1.82) is 0 Å². The van der Waals surface area contributed by atoms with Crippen molar-refractivity contribution < 1.29 is 9.53 Å². The third-order valence-corrected chi connectivity index (χ3v) is 3.59. The maximum atomic E-state index is 11.6. The molecule has 0 aromatic heterocycles. The van der Waals surface area contributed by atoms with E-state index < -0.39 is 0 Å². The Labute approximate surface area is 129 Å². The van der Waals surface area contributed by atoms with Crippen LogP contribution >= 0.6 is 0 Å². The predicted octanol–water partition coefficient (Wildman–Crippen LogP) is 4.17. The molecule has 0 aliphatic carbocycles. The van der Waals surface area contributed by atoms with Crippen LogP contribution < -0.4 is 4.74 Å². The molecule has 3 heteroatoms. The van der Waals surface area contributed by atoms with Crippen molar-refractivity contribution in [2.75, 3.05) is 26.2 Å². The van der Waals surface area contributed by atoms with E-state index in [4.69, 9.17) is 4.74 Å². The standard InChI is InChI=1S/C18H29NO2/c1-4-6-12-19(13-7-5-2)14-15-21-18-11-9-8-10-17(18)16(3)20/h8-11H,4-7,12-15H2,1-3H3. The fraction of sp³-hybridized carbons (Fsp3) is 0.611. The number of Topliss-reactive ketones (excluding diaryl/α,β-unsaturated/α-hetero) is 1. The molecule has 0 aliphatic rings. The Balaban J connectivity index is 2.47. The van der Waals surface area contributed by atoms with Gasteiger partial charge in [-0.1, -0.05) is 38.8 Å². The zero-order chi connectivity index (χ0) is 15.5. The molecular weight excluding hydrogens is 262 g/mol. The molecule has 0 saturated heterocycles. The highest BCUT2D eigenvalue weighted by Crippen LogP contribution is 2.18. The smallest absolute Gasteiger partial charge is 0.163 e. The SMILES string of the molecule is CCCCN(CCCC)CCOc1ccccc1C(C)=O. The zero-order valence-corrected chi connectivity index (χ0v) is 13.7. The Kier molecular flexibility index (Phi) is 8.76. The summed E-state index contributed by atoms with van der Waals surface area (Å²) in [7, 11) is 0. The van der Waals surface area contributed by atoms with Crippen LogP contribution in [0, 0.1) is 0 Å². The average Bonchev–Trinajstić information content (AvgIpc) is 2.49. The number of nitrogens with zero attached hydrogens (tertiary/aromatic N) is 1. The van der Waals surface area contributed by atoms with E-state index >= 15 is 0 Å². The van der Waals surface area contributed by atoms with Gasteiger partial charge in [0.25, 0.3) is 0 Å². The van der Waals surface area contributed by atoms with Gasteiger partial charge >= 0.3 is 0 Å². The van der Waals surface area contributed by atoms with E-state index in [1.54, 1.807) is 6.92 Å². The van der Waals surface area contributed by atoms with Gasteiger partial charge in [0.05, 0.1) is 5.56 Å². The van der Waals surface area contributed by atoms with Crippen LogP contribution in [0.3, 0.4) is 0 Å². The molecule has 1 aromatic rings. The molecule has 0 N–H and O–H groups in total. The summed E-state index contributed by atoms with van der Waals surface area (Å²) < 4.78 is 5.83. The molecule has 1 aromatic carbocycles. The molecule has 1 rings (SSSR count). The topological polar surface area (TPSA) is 29.5 Å². The van der Waals surface area contributed by atoms with Crippen LogP contribution in [0.15, 0.2) is 24.3 Å². The van der Waals surface area contributed by atoms with Crippen molar-refractivity contribution in [3.63, 3.8) is 0 Å². The third kappa shape index (κ3) is 6.76. The summed E-state index contributed by atoms with van der Waals surface area (Å²) in [6.45, 7) is 9.85. The van der Waals surface area contributed by atoms with E-state index in [1.807, 2.05) is 24.3 Å². The number of carbonyl (C=O) groups is 1. The van der Waals surface area contributed by atoms with Gasteiger partial charge < -0.3 is 4.74 Å². The average molecular weight is 291 g/mol. The number of carbonyl (C=O) groups excluding carboxylic acids is 1. The van der Waals surface area contributed by atoms with Gasteiger partial charge in [0, 0.05) is 6.54 Å². The molecule has 0 radical (unpaired) electrons. The molecule has 0 spiro atoms. The molecule has 0 atom stereocenters. The Bertz CT molecular complexity index is 409. The van der Waals surface area contributed by atoms with Gasteiger partial charge in [-0.3, -0.25) is 9.69 Å². The molecule has 0 fully saturated rings. The lowest BCUT2D eigenvalue weighted by atomic mass is 10.1. The maximum absolute atomic E-state index is 11.6. The molecule has 0 unspecified atom stereocenters. The van der Waals surface area contributed by atoms with Gasteiger partial charge in [-0.25, -0.2) is 0 Å². The van der Waals surface area contributed by atoms with Crippen molar-refractivity contribution in [3.05, 3.63) is 29.8 Å². The summed E-state index contributed by atoms with van der Waals surface area (Å²) in [5.41, 5.74) is 0.672. The quantitative estimate of drug-likeness (QED) is 0.573. The highest BCUT2D eigenvalue weighted by Gasteiger charge is 2.08. The van der Waals surface area contributed by atoms with E-state index in [0.717, 1.165) is 19.6 Å². The molecule has 3 nitrogen and oxygen atoms in total. The van der Waals surface area contributed by atoms with Crippen molar-refractivity contribution in [1.82, 2.24) is 4.90 Å². The van der Waals surface area contributed by atoms with Crippen LogP contribution in [0.5, 0.6) is 5.75 Å². The fourth-order valence-corrected chi connectivity index (χ4v) is 2.27. The summed E-state index contributed by atoms with van der Waals surface area (Å²) in [5, 5.41) is 0. The molecular formula is C18H29NO2. The summed E-state index contributed by atoms with van der Waals surface area (Å²) in [5.74, 6) is 0.760. The minimum atomic E-state index is 0.0550. The van der Waals surface area contributed by atoms with E-state index in [2.05, 4.69) is 18.7 Å². The normalized spacial score (nSPS) is 10.9. The Morgan fingerprint density at radius 2 is 1.67 bits per heavy atom. The van der Waals surface area contributed by atoms with Gasteiger partial charge in [0.15, 0.2) is 5.78 Å². The van der Waals surface area contributed by atoms with Crippen LogP contribution in [0.4, 0.5) is 0 Å². The van der Waals surface area contributed by atoms with E-state index in [1.165, 1.54) is 25.7 Å². The van der Waals surface area contributed by atoms with Crippen molar-refractivity contribution >= 4 is 5.78 Å². The number of rotatable bonds is 11. The van der Waals surface area contributed by atoms with Crippen LogP contribution in [-0.2, 0) is 0 Å². The summed E-state index contributed by atoms with van der Waals surface area (Å²) in [6, 6.07) is 7.48. The van der Waals surface area contributed by atoms with Gasteiger partial charge in [-0.05, 0) is 45.0 Å². The molecule has 0 heterocycles. The Hall–Kier alpha value is -1.35. The van der Waals surface area contributed by atoms with Crippen molar-refractivity contribution in [3.8, 4) is 5.75 Å². The second-order valence-electron chi connectivity index (χ2n) is 5.45. The zero-order valence-electron chi connectivity index (χ0n) is 13.7. The molecule has 0 saturated carbocycles. The first-order valence-electron chi connectivity index (χ1n) is 8.14. The lowest BCUT2D eigenvalue weighted by Crippen LogP contribution is -2.30. The van der Waals surface area contributed by atoms with Gasteiger partial charge in [-0.2, -0.15) is 0 Å². The van der Waals surface area contributed by atoms with Crippen LogP contribution in [-0.4, -0.2) is 36.9 Å². The van der Waals surface area contributed by atoms with Gasteiger partial charge in [-0.15, -0.1) is 0 Å². The van der Waals surface area contributed by atoms with Crippen molar-refractivity contribution in [2.24, 2.45) is 0 Å². The number of hydrogen-bond donors (Lipinski definition) is 0. The summed E-state index contributed by atoms with van der Waals surface area (Å²) in [6.07, 6.45) is 4.90. The highest BCUT2D eigenvalue weighted by atomic mass is 16.5. The summed E-state index contributed by atoms with van der Waals surface area (Å²) in [4.78, 5) is 14.0. The first-order valence-corrected chi connectivity index (χ1v) is 8.14. The minimum Gasteiger partial charge on any atom is -0.491 e. The number of para-hydroxylation sites is 1. The molecule has 0 amide bonds. The third-order valence-electron chi connectivity index (χ3n) is 3.59. The summed E-state index contributed by atoms with van der Waals surface area (Å²) >= 11 is 0. The second-order valence-corrected chi connectivity index (χ2v) is 5.45. The van der Waals surface area contributed by atoms with Crippen LogP contribution in [0.25, 0.3) is 0 Å². The lowest BCUT2D eigenvalue weighted by Gasteiger charge is -2.22. The van der Waals surface area contributed by atoms with Crippen LogP contribution in [0.1, 0.15) is 56.8 Å². The van der Waals surface area contributed by atoms with E-state index in [0.29, 0.717) is 17.9 Å². The number of benzene rings is 1. The van der Waals surface area contributed by atoms with Gasteiger partial charge in [0.2, 0.25) is 0 Å². The first kappa shape index (κ1) is 17.7. The largest absolute Gasteiger partial charge is 0.491 e. The lowest BCUT2D eigenvalue weighted by molar-refractivity contribution is 0.101. The second kappa shape index (κ2) is 10.4. The number of hydrogen-bond acceptors (Lipinski definition) is 3. The molecule has 118 valence electrons. The van der Waals surface area contributed by atoms with Crippen LogP contribution in [0.2, 0.25) is 0 Å². The maximum Gasteiger partial charge on any atom is 0.163 e. The predicted molar refractivity (Wildman–Crippen MR) is 88.2 cm³/mol. The molecule has 0 aliphatic heterocycles. The Morgan fingerprint density at radius 3 is 2.24 bits per heavy atom. The monoisotopic (exact) mass is 291 g/mol. The van der Waals surface area contributed by atoms with Crippen molar-refractivity contribution in [2.45, 2.75) is 46.5 Å². The number of unbranched alkanes of at least 4 members (excludes halogenated alkanes) is 2. The Morgan fingerprint density at radius 1 is 1.05 bits per heavy atom. The molecule has 0 bridgehead atoms. The fourth-order valence-electron chi connectivity index (χ4n) is 2.27. The minimum absolute atomic E-state index is 0.0550.